The molecule has 0 amide bonds. The second-order valence-corrected chi connectivity index (χ2v) is 6.89. The molecule has 2 aromatic rings. The summed E-state index contributed by atoms with van der Waals surface area (Å²) in [5.41, 5.74) is 1.87. The van der Waals surface area contributed by atoms with Crippen molar-refractivity contribution in [3.8, 4) is 11.5 Å². The largest absolute Gasteiger partial charge is 0.497 e. The van der Waals surface area contributed by atoms with Crippen LogP contribution < -0.4 is 9.47 Å². The van der Waals surface area contributed by atoms with Gasteiger partial charge in [-0.15, -0.1) is 0 Å². The Bertz CT molecular complexity index is 785. The average molecular weight is 356 g/mol. The molecular formula is C21H24O5. The van der Waals surface area contributed by atoms with Gasteiger partial charge in [-0.05, 0) is 35.2 Å². The van der Waals surface area contributed by atoms with Crippen molar-refractivity contribution in [1.82, 2.24) is 0 Å². The van der Waals surface area contributed by atoms with Crippen LogP contribution in [0.1, 0.15) is 47.1 Å². The van der Waals surface area contributed by atoms with Gasteiger partial charge in [-0.3, -0.25) is 4.79 Å². The Labute approximate surface area is 153 Å². The zero-order valence-corrected chi connectivity index (χ0v) is 15.8. The van der Waals surface area contributed by atoms with Crippen molar-refractivity contribution in [2.45, 2.75) is 26.2 Å². The highest BCUT2D eigenvalue weighted by atomic mass is 16.5. The molecule has 0 spiro atoms. The topological polar surface area (TPSA) is 61.8 Å². The molecule has 0 heterocycles. The number of Topliss-reactive ketones (excluding diaryl/α,β-unsaturated/α-hetero) is 1. The van der Waals surface area contributed by atoms with E-state index in [0.29, 0.717) is 22.6 Å². The highest BCUT2D eigenvalue weighted by Crippen LogP contribution is 2.25. The quantitative estimate of drug-likeness (QED) is 0.577. The Morgan fingerprint density at radius 3 is 2.12 bits per heavy atom. The smallest absolute Gasteiger partial charge is 0.338 e. The van der Waals surface area contributed by atoms with E-state index in [2.05, 4.69) is 20.8 Å². The average Bonchev–Trinajstić information content (AvgIpc) is 2.64. The highest BCUT2D eigenvalue weighted by molar-refractivity contribution is 6.01. The summed E-state index contributed by atoms with van der Waals surface area (Å²) >= 11 is 0. The minimum absolute atomic E-state index is 0.00329. The number of carbonyl (C=O) groups is 2. The van der Waals surface area contributed by atoms with E-state index in [0.717, 1.165) is 5.56 Å². The number of methoxy groups -OCH3 is 2. The zero-order valence-electron chi connectivity index (χ0n) is 15.8. The van der Waals surface area contributed by atoms with Gasteiger partial charge in [0.25, 0.3) is 0 Å². The third-order valence-electron chi connectivity index (χ3n) is 4.03. The van der Waals surface area contributed by atoms with Gasteiger partial charge in [-0.25, -0.2) is 4.79 Å². The maximum absolute atomic E-state index is 12.3. The van der Waals surface area contributed by atoms with Crippen molar-refractivity contribution in [2.24, 2.45) is 0 Å². The summed E-state index contributed by atoms with van der Waals surface area (Å²) in [7, 11) is 3.00. The molecular weight excluding hydrogens is 332 g/mol. The van der Waals surface area contributed by atoms with E-state index in [-0.39, 0.29) is 17.8 Å². The highest BCUT2D eigenvalue weighted by Gasteiger charge is 2.18. The van der Waals surface area contributed by atoms with Gasteiger partial charge in [0, 0.05) is 6.07 Å². The molecule has 0 aliphatic heterocycles. The van der Waals surface area contributed by atoms with Crippen LogP contribution >= 0.6 is 0 Å². The monoisotopic (exact) mass is 356 g/mol. The fourth-order valence-corrected chi connectivity index (χ4v) is 2.43. The lowest BCUT2D eigenvalue weighted by Crippen LogP contribution is -2.16. The normalized spacial score (nSPS) is 11.0. The number of ether oxygens (including phenoxy) is 3. The molecule has 2 rings (SSSR count). The van der Waals surface area contributed by atoms with Crippen molar-refractivity contribution >= 4 is 11.8 Å². The lowest BCUT2D eigenvalue weighted by Gasteiger charge is -2.18. The number of esters is 1. The van der Waals surface area contributed by atoms with Gasteiger partial charge in [0.2, 0.25) is 5.78 Å². The van der Waals surface area contributed by atoms with Gasteiger partial charge in [0.15, 0.2) is 6.61 Å². The number of rotatable bonds is 6. The molecule has 0 fully saturated rings. The molecule has 138 valence electrons. The summed E-state index contributed by atoms with van der Waals surface area (Å²) in [4.78, 5) is 24.5. The molecule has 0 radical (unpaired) electrons. The number of benzene rings is 2. The van der Waals surface area contributed by atoms with E-state index in [1.807, 2.05) is 12.1 Å². The molecule has 0 saturated heterocycles. The second kappa shape index (κ2) is 8.04. The minimum Gasteiger partial charge on any atom is -0.497 e. The molecule has 0 aliphatic carbocycles. The lowest BCUT2D eigenvalue weighted by atomic mass is 9.87. The molecule has 0 aromatic heterocycles. The van der Waals surface area contributed by atoms with Crippen molar-refractivity contribution in [3.05, 3.63) is 59.2 Å². The maximum Gasteiger partial charge on any atom is 0.338 e. The Morgan fingerprint density at radius 1 is 0.923 bits per heavy atom. The van der Waals surface area contributed by atoms with Crippen LogP contribution in [0.4, 0.5) is 0 Å². The first kappa shape index (κ1) is 19.5. The van der Waals surface area contributed by atoms with Crippen molar-refractivity contribution < 1.29 is 23.8 Å². The van der Waals surface area contributed by atoms with Gasteiger partial charge in [0.1, 0.15) is 11.5 Å². The molecule has 0 atom stereocenters. The Balaban J connectivity index is 2.04. The Kier molecular flexibility index (Phi) is 6.03. The third-order valence-corrected chi connectivity index (χ3v) is 4.03. The summed E-state index contributed by atoms with van der Waals surface area (Å²) < 4.78 is 15.5. The van der Waals surface area contributed by atoms with Crippen LogP contribution in [-0.2, 0) is 10.2 Å². The summed E-state index contributed by atoms with van der Waals surface area (Å²) in [5, 5.41) is 0. The van der Waals surface area contributed by atoms with Gasteiger partial charge >= 0.3 is 5.97 Å². The molecule has 5 heteroatoms. The van der Waals surface area contributed by atoms with E-state index in [9.17, 15) is 9.59 Å². The van der Waals surface area contributed by atoms with Crippen LogP contribution in [0.25, 0.3) is 0 Å². The van der Waals surface area contributed by atoms with Crippen LogP contribution in [0.2, 0.25) is 0 Å². The molecule has 0 N–H and O–H groups in total. The van der Waals surface area contributed by atoms with Crippen molar-refractivity contribution in [2.75, 3.05) is 20.8 Å². The van der Waals surface area contributed by atoms with Crippen LogP contribution in [0.15, 0.2) is 42.5 Å². The standard InChI is InChI=1S/C21H24O5/c1-21(2,3)15-8-6-14(7-9-15)20(23)26-13-18(22)17-11-10-16(24-4)12-19(17)25-5/h6-12H,13H2,1-5H3. The predicted molar refractivity (Wildman–Crippen MR) is 99.3 cm³/mol. The van der Waals surface area contributed by atoms with Crippen molar-refractivity contribution in [1.29, 1.82) is 0 Å². The maximum atomic E-state index is 12.3. The minimum atomic E-state index is -0.536. The van der Waals surface area contributed by atoms with E-state index in [1.54, 1.807) is 30.3 Å². The summed E-state index contributed by atoms with van der Waals surface area (Å²) in [6.07, 6.45) is 0. The summed E-state index contributed by atoms with van der Waals surface area (Å²) in [6, 6.07) is 12.1. The van der Waals surface area contributed by atoms with E-state index in [4.69, 9.17) is 14.2 Å². The van der Waals surface area contributed by atoms with Gasteiger partial charge < -0.3 is 14.2 Å². The molecule has 0 bridgehead atoms. The number of carbonyl (C=O) groups excluding carboxylic acids is 2. The number of hydrogen-bond donors (Lipinski definition) is 0. The Morgan fingerprint density at radius 2 is 1.58 bits per heavy atom. The predicted octanol–water partition coefficient (Wildman–Crippen LogP) is 4.04. The van der Waals surface area contributed by atoms with Crippen LogP contribution in [0, 0.1) is 0 Å². The number of ketones is 1. The van der Waals surface area contributed by atoms with Crippen LogP contribution in [-0.4, -0.2) is 32.6 Å². The number of hydrogen-bond acceptors (Lipinski definition) is 5. The summed E-state index contributed by atoms with van der Waals surface area (Å²) in [6.45, 7) is 5.94. The first-order chi connectivity index (χ1) is 12.3. The van der Waals surface area contributed by atoms with Crippen LogP contribution in [0.5, 0.6) is 11.5 Å². The molecule has 0 unspecified atom stereocenters. The van der Waals surface area contributed by atoms with Crippen molar-refractivity contribution in [3.63, 3.8) is 0 Å². The fourth-order valence-electron chi connectivity index (χ4n) is 2.43. The van der Waals surface area contributed by atoms with E-state index >= 15 is 0 Å². The van der Waals surface area contributed by atoms with Gasteiger partial charge in [-0.1, -0.05) is 32.9 Å². The molecule has 2 aromatic carbocycles. The molecule has 26 heavy (non-hydrogen) atoms. The van der Waals surface area contributed by atoms with Gasteiger partial charge in [0.05, 0.1) is 25.3 Å². The first-order valence-corrected chi connectivity index (χ1v) is 8.29. The Hall–Kier alpha value is -2.82. The SMILES string of the molecule is COc1ccc(C(=O)COC(=O)c2ccc(C(C)(C)C)cc2)c(OC)c1. The van der Waals surface area contributed by atoms with E-state index in [1.165, 1.54) is 14.2 Å². The zero-order chi connectivity index (χ0) is 19.3. The van der Waals surface area contributed by atoms with Crippen LogP contribution in [0.3, 0.4) is 0 Å². The third kappa shape index (κ3) is 4.63. The lowest BCUT2D eigenvalue weighted by molar-refractivity contribution is 0.0474. The second-order valence-electron chi connectivity index (χ2n) is 6.89. The fraction of sp³-hybridized carbons (Fsp3) is 0.333. The molecule has 0 saturated carbocycles. The molecule has 5 nitrogen and oxygen atoms in total. The first-order valence-electron chi connectivity index (χ1n) is 8.29. The van der Waals surface area contributed by atoms with Gasteiger partial charge in [-0.2, -0.15) is 0 Å². The molecule has 0 aliphatic rings. The summed E-state index contributed by atoms with van der Waals surface area (Å²) in [5.74, 6) is 0.0738. The van der Waals surface area contributed by atoms with E-state index < -0.39 is 5.97 Å².